The van der Waals surface area contributed by atoms with Crippen molar-refractivity contribution < 1.29 is 14.3 Å². The van der Waals surface area contributed by atoms with Crippen LogP contribution in [-0.4, -0.2) is 69.1 Å². The third-order valence-corrected chi connectivity index (χ3v) is 7.50. The SMILES string of the molecule is COCCNC(=O)C(C)(C)CN1C[C@]2(CC[C@](c3ccccc3)(N(C)C)CC2)CC1=O. The molecule has 1 saturated heterocycles. The third-order valence-electron chi connectivity index (χ3n) is 7.50. The van der Waals surface area contributed by atoms with Crippen LogP contribution in [0.4, 0.5) is 0 Å². The van der Waals surface area contributed by atoms with Gasteiger partial charge in [0.25, 0.3) is 0 Å². The van der Waals surface area contributed by atoms with Gasteiger partial charge in [0, 0.05) is 38.7 Å². The van der Waals surface area contributed by atoms with Crippen LogP contribution in [0.5, 0.6) is 0 Å². The van der Waals surface area contributed by atoms with Crippen molar-refractivity contribution in [2.45, 2.75) is 51.5 Å². The number of nitrogens with zero attached hydrogens (tertiary/aromatic N) is 2. The molecule has 3 rings (SSSR count). The highest BCUT2D eigenvalue weighted by molar-refractivity contribution is 5.84. The van der Waals surface area contributed by atoms with E-state index in [-0.39, 0.29) is 22.8 Å². The van der Waals surface area contributed by atoms with Crippen LogP contribution in [0.3, 0.4) is 0 Å². The molecular formula is C25H39N3O3. The molecule has 1 aliphatic carbocycles. The lowest BCUT2D eigenvalue weighted by atomic mass is 9.64. The number of benzene rings is 1. The Morgan fingerprint density at radius 2 is 1.81 bits per heavy atom. The van der Waals surface area contributed by atoms with Crippen LogP contribution in [0, 0.1) is 10.8 Å². The molecule has 0 radical (unpaired) electrons. The summed E-state index contributed by atoms with van der Waals surface area (Å²) in [6.45, 7) is 6.04. The Morgan fingerprint density at radius 3 is 2.39 bits per heavy atom. The highest BCUT2D eigenvalue weighted by atomic mass is 16.5. The molecule has 6 nitrogen and oxygen atoms in total. The summed E-state index contributed by atoms with van der Waals surface area (Å²) in [5, 5.41) is 2.92. The Labute approximate surface area is 187 Å². The van der Waals surface area contributed by atoms with E-state index in [0.717, 1.165) is 32.2 Å². The van der Waals surface area contributed by atoms with Crippen molar-refractivity contribution >= 4 is 11.8 Å². The van der Waals surface area contributed by atoms with Crippen LogP contribution in [0.1, 0.15) is 51.5 Å². The molecule has 0 aromatic heterocycles. The van der Waals surface area contributed by atoms with E-state index in [4.69, 9.17) is 4.74 Å². The minimum atomic E-state index is -0.624. The Hall–Kier alpha value is -1.92. The largest absolute Gasteiger partial charge is 0.383 e. The fraction of sp³-hybridized carbons (Fsp3) is 0.680. The van der Waals surface area contributed by atoms with E-state index in [1.165, 1.54) is 5.56 Å². The highest BCUT2D eigenvalue weighted by Gasteiger charge is 2.51. The van der Waals surface area contributed by atoms with E-state index in [1.807, 2.05) is 18.7 Å². The normalized spacial score (nSPS) is 26.6. The molecule has 1 aliphatic heterocycles. The molecule has 0 atom stereocenters. The fourth-order valence-electron chi connectivity index (χ4n) is 5.45. The van der Waals surface area contributed by atoms with Gasteiger partial charge in [-0.25, -0.2) is 0 Å². The number of carbonyl (C=O) groups excluding carboxylic acids is 2. The molecule has 0 unspecified atom stereocenters. The first-order chi connectivity index (χ1) is 14.6. The number of hydrogen-bond acceptors (Lipinski definition) is 4. The first-order valence-corrected chi connectivity index (χ1v) is 11.4. The quantitative estimate of drug-likeness (QED) is 0.646. The lowest BCUT2D eigenvalue weighted by Crippen LogP contribution is -2.48. The lowest BCUT2D eigenvalue weighted by molar-refractivity contribution is -0.134. The minimum absolute atomic E-state index is 0.0300. The van der Waals surface area contributed by atoms with Gasteiger partial charge in [0.1, 0.15) is 0 Å². The van der Waals surface area contributed by atoms with E-state index in [2.05, 4.69) is 54.6 Å². The number of ether oxygens (including phenoxy) is 1. The van der Waals surface area contributed by atoms with E-state index in [9.17, 15) is 9.59 Å². The third kappa shape index (κ3) is 4.96. The van der Waals surface area contributed by atoms with Crippen LogP contribution < -0.4 is 5.32 Å². The van der Waals surface area contributed by atoms with Crippen molar-refractivity contribution in [3.63, 3.8) is 0 Å². The number of carbonyl (C=O) groups is 2. The maximum absolute atomic E-state index is 12.9. The van der Waals surface area contributed by atoms with Gasteiger partial charge < -0.3 is 15.0 Å². The van der Waals surface area contributed by atoms with Crippen LogP contribution in [0.25, 0.3) is 0 Å². The first kappa shape index (κ1) is 23.7. The van der Waals surface area contributed by atoms with E-state index < -0.39 is 5.41 Å². The van der Waals surface area contributed by atoms with E-state index in [1.54, 1.807) is 7.11 Å². The van der Waals surface area contributed by atoms with Gasteiger partial charge in [-0.2, -0.15) is 0 Å². The van der Waals surface area contributed by atoms with Crippen molar-refractivity contribution in [2.24, 2.45) is 10.8 Å². The summed E-state index contributed by atoms with van der Waals surface area (Å²) >= 11 is 0. The molecular weight excluding hydrogens is 390 g/mol. The van der Waals surface area contributed by atoms with Crippen molar-refractivity contribution in [1.82, 2.24) is 15.1 Å². The molecule has 1 aromatic carbocycles. The van der Waals surface area contributed by atoms with Gasteiger partial charge in [-0.1, -0.05) is 30.3 Å². The summed E-state index contributed by atoms with van der Waals surface area (Å²) in [5.41, 5.74) is 0.809. The molecule has 2 amide bonds. The van der Waals surface area contributed by atoms with Gasteiger partial charge in [0.05, 0.1) is 12.0 Å². The number of rotatable bonds is 8. The summed E-state index contributed by atoms with van der Waals surface area (Å²) in [5.74, 6) is 0.160. The molecule has 1 aromatic rings. The maximum Gasteiger partial charge on any atom is 0.227 e. The maximum atomic E-state index is 12.9. The summed E-state index contributed by atoms with van der Waals surface area (Å²) < 4.78 is 5.01. The Balaban J connectivity index is 1.66. The zero-order valence-electron chi connectivity index (χ0n) is 19.9. The molecule has 1 saturated carbocycles. The number of methoxy groups -OCH3 is 1. The van der Waals surface area contributed by atoms with E-state index >= 15 is 0 Å². The van der Waals surface area contributed by atoms with Crippen molar-refractivity contribution in [1.29, 1.82) is 0 Å². The zero-order valence-corrected chi connectivity index (χ0v) is 19.9. The predicted molar refractivity (Wildman–Crippen MR) is 123 cm³/mol. The number of nitrogens with one attached hydrogen (secondary N) is 1. The van der Waals surface area contributed by atoms with Crippen LogP contribution in [0.15, 0.2) is 30.3 Å². The Kier molecular flexibility index (Phi) is 7.11. The summed E-state index contributed by atoms with van der Waals surface area (Å²) in [6, 6.07) is 10.8. The van der Waals surface area contributed by atoms with Crippen molar-refractivity contribution in [3.05, 3.63) is 35.9 Å². The molecule has 0 bridgehead atoms. The standard InChI is InChI=1S/C25H39N3O3/c1-23(2,22(30)26-15-16-31-5)18-28-19-24(17-21(28)29)11-13-25(14-12-24,27(3)4)20-9-7-6-8-10-20/h6-10H,11-19H2,1-5H3,(H,26,30)/t24-,25-. The predicted octanol–water partition coefficient (Wildman–Crippen LogP) is 3.03. The molecule has 172 valence electrons. The summed E-state index contributed by atoms with van der Waals surface area (Å²) in [7, 11) is 5.95. The molecule has 1 spiro atoms. The number of amides is 2. The van der Waals surface area contributed by atoms with Gasteiger partial charge in [-0.3, -0.25) is 14.5 Å². The molecule has 1 N–H and O–H groups in total. The average molecular weight is 430 g/mol. The topological polar surface area (TPSA) is 61.9 Å². The smallest absolute Gasteiger partial charge is 0.227 e. The van der Waals surface area contributed by atoms with Crippen molar-refractivity contribution in [3.8, 4) is 0 Å². The monoisotopic (exact) mass is 429 g/mol. The molecule has 6 heteroatoms. The molecule has 1 heterocycles. The van der Waals surface area contributed by atoms with Crippen LogP contribution >= 0.6 is 0 Å². The lowest BCUT2D eigenvalue weighted by Gasteiger charge is -2.49. The van der Waals surface area contributed by atoms with Gasteiger partial charge in [-0.05, 0) is 64.6 Å². The molecule has 2 aliphatic rings. The second-order valence-corrected chi connectivity index (χ2v) is 10.4. The Bertz CT molecular complexity index is 767. The second-order valence-electron chi connectivity index (χ2n) is 10.4. The zero-order chi connectivity index (χ0) is 22.7. The van der Waals surface area contributed by atoms with Gasteiger partial charge in [-0.15, -0.1) is 0 Å². The van der Waals surface area contributed by atoms with Gasteiger partial charge in [0.15, 0.2) is 0 Å². The summed E-state index contributed by atoms with van der Waals surface area (Å²) in [4.78, 5) is 29.8. The summed E-state index contributed by atoms with van der Waals surface area (Å²) in [6.07, 6.45) is 4.76. The van der Waals surface area contributed by atoms with Crippen LogP contribution in [-0.2, 0) is 19.9 Å². The average Bonchev–Trinajstić information content (AvgIpc) is 3.03. The van der Waals surface area contributed by atoms with Crippen molar-refractivity contribution in [2.75, 3.05) is 47.4 Å². The molecule has 2 fully saturated rings. The van der Waals surface area contributed by atoms with Gasteiger partial charge in [0.2, 0.25) is 11.8 Å². The first-order valence-electron chi connectivity index (χ1n) is 11.4. The number of likely N-dealkylation sites (tertiary alicyclic amines) is 1. The minimum Gasteiger partial charge on any atom is -0.383 e. The second kappa shape index (κ2) is 9.29. The van der Waals surface area contributed by atoms with Crippen LogP contribution in [0.2, 0.25) is 0 Å². The molecule has 31 heavy (non-hydrogen) atoms. The Morgan fingerprint density at radius 1 is 1.16 bits per heavy atom. The van der Waals surface area contributed by atoms with Gasteiger partial charge >= 0.3 is 0 Å². The fourth-order valence-corrected chi connectivity index (χ4v) is 5.45. The van der Waals surface area contributed by atoms with E-state index in [0.29, 0.717) is 26.1 Å². The highest BCUT2D eigenvalue weighted by Crippen LogP contribution is 2.52. The number of hydrogen-bond donors (Lipinski definition) is 1.